The lowest BCUT2D eigenvalue weighted by Gasteiger charge is -2.11. The lowest BCUT2D eigenvalue weighted by Crippen LogP contribution is -2.04. The zero-order chi connectivity index (χ0) is 13.4. The molecule has 2 aromatic rings. The van der Waals surface area contributed by atoms with Gasteiger partial charge in [-0.1, -0.05) is 56.8 Å². The Morgan fingerprint density at radius 1 is 1.21 bits per heavy atom. The van der Waals surface area contributed by atoms with E-state index in [9.17, 15) is 0 Å². The molecular weight excluding hydrogens is 254 g/mol. The van der Waals surface area contributed by atoms with Crippen LogP contribution in [-0.2, 0) is 0 Å². The molecule has 1 aromatic heterocycles. The first kappa shape index (κ1) is 12.5. The fourth-order valence-electron chi connectivity index (χ4n) is 2.37. The molecule has 3 nitrogen and oxygen atoms in total. The molecule has 1 atom stereocenters. The highest BCUT2D eigenvalue weighted by Crippen LogP contribution is 2.33. The summed E-state index contributed by atoms with van der Waals surface area (Å²) in [5, 5.41) is 10.2. The Morgan fingerprint density at radius 2 is 2.00 bits per heavy atom. The van der Waals surface area contributed by atoms with Crippen molar-refractivity contribution in [1.82, 2.24) is 14.8 Å². The number of hydrogen-bond donors (Lipinski definition) is 0. The van der Waals surface area contributed by atoms with E-state index in [1.807, 2.05) is 0 Å². The van der Waals surface area contributed by atoms with E-state index in [1.165, 1.54) is 11.1 Å². The normalized spacial score (nSPS) is 17.2. The number of benzene rings is 1. The molecule has 0 aliphatic carbocycles. The minimum atomic E-state index is 0.264. The molecule has 0 radical (unpaired) electrons. The van der Waals surface area contributed by atoms with Crippen LogP contribution >= 0.6 is 11.8 Å². The van der Waals surface area contributed by atoms with E-state index in [0.29, 0.717) is 5.25 Å². The van der Waals surface area contributed by atoms with Crippen molar-refractivity contribution in [3.63, 3.8) is 0 Å². The first-order chi connectivity index (χ1) is 9.16. The third-order valence-electron chi connectivity index (χ3n) is 3.28. The Balaban J connectivity index is 2.10. The van der Waals surface area contributed by atoms with Crippen LogP contribution in [-0.4, -0.2) is 20.0 Å². The summed E-state index contributed by atoms with van der Waals surface area (Å²) in [5.74, 6) is 1.28. The molecule has 0 bridgehead atoms. The highest BCUT2D eigenvalue weighted by molar-refractivity contribution is 7.99. The molecule has 0 saturated carbocycles. The maximum absolute atomic E-state index is 4.39. The Hall–Kier alpha value is -1.55. The van der Waals surface area contributed by atoms with Crippen molar-refractivity contribution in [2.24, 2.45) is 0 Å². The van der Waals surface area contributed by atoms with Gasteiger partial charge in [-0.3, -0.25) is 4.57 Å². The molecule has 2 heterocycles. The van der Waals surface area contributed by atoms with Crippen molar-refractivity contribution >= 4 is 24.0 Å². The molecule has 0 saturated heterocycles. The van der Waals surface area contributed by atoms with Gasteiger partial charge in [-0.15, -0.1) is 10.2 Å². The fourth-order valence-corrected chi connectivity index (χ4v) is 3.14. The number of thioether (sulfide) groups is 1. The van der Waals surface area contributed by atoms with Gasteiger partial charge in [-0.2, -0.15) is 0 Å². The topological polar surface area (TPSA) is 30.7 Å². The van der Waals surface area contributed by atoms with Crippen LogP contribution in [0.2, 0.25) is 0 Å². The van der Waals surface area contributed by atoms with Crippen molar-refractivity contribution < 1.29 is 0 Å². The highest BCUT2D eigenvalue weighted by Gasteiger charge is 2.22. The smallest absolute Gasteiger partial charge is 0.195 e. The Morgan fingerprint density at radius 3 is 2.79 bits per heavy atom. The van der Waals surface area contributed by atoms with Crippen LogP contribution in [0.4, 0.5) is 0 Å². The zero-order valence-electron chi connectivity index (χ0n) is 11.4. The van der Waals surface area contributed by atoms with E-state index in [2.05, 4.69) is 72.1 Å². The summed E-state index contributed by atoms with van der Waals surface area (Å²) >= 11 is 1.75. The molecule has 4 heteroatoms. The summed E-state index contributed by atoms with van der Waals surface area (Å²) in [5.41, 5.74) is 2.58. The van der Waals surface area contributed by atoms with Crippen LogP contribution < -0.4 is 0 Å². The summed E-state index contributed by atoms with van der Waals surface area (Å²) in [6.07, 6.45) is 4.23. The predicted molar refractivity (Wildman–Crippen MR) is 80.2 cm³/mol. The second-order valence-electron chi connectivity index (χ2n) is 5.04. The van der Waals surface area contributed by atoms with E-state index >= 15 is 0 Å². The fraction of sp³-hybridized carbons (Fsp3) is 0.333. The second kappa shape index (κ2) is 4.85. The predicted octanol–water partition coefficient (Wildman–Crippen LogP) is 3.87. The minimum absolute atomic E-state index is 0.264. The molecule has 1 aliphatic heterocycles. The van der Waals surface area contributed by atoms with Gasteiger partial charge in [-0.25, -0.2) is 0 Å². The minimum Gasteiger partial charge on any atom is -0.280 e. The van der Waals surface area contributed by atoms with Gasteiger partial charge in [0.1, 0.15) is 5.82 Å². The van der Waals surface area contributed by atoms with Crippen molar-refractivity contribution in [3.05, 3.63) is 41.2 Å². The van der Waals surface area contributed by atoms with E-state index in [4.69, 9.17) is 0 Å². The summed E-state index contributed by atoms with van der Waals surface area (Å²) in [4.78, 5) is 0. The standard InChI is InChI=1S/C15H17N3S/c1-10(2)19-15-17-16-14-11(3)13-7-5-4-6-12(13)8-9-18(14)15/h4-11H,1-3H3. The van der Waals surface area contributed by atoms with Gasteiger partial charge < -0.3 is 0 Å². The average Bonchev–Trinajstić information content (AvgIpc) is 2.71. The third kappa shape index (κ3) is 2.21. The monoisotopic (exact) mass is 271 g/mol. The summed E-state index contributed by atoms with van der Waals surface area (Å²) < 4.78 is 2.12. The quantitative estimate of drug-likeness (QED) is 0.777. The van der Waals surface area contributed by atoms with Gasteiger partial charge in [-0.05, 0) is 17.2 Å². The Bertz CT molecular complexity index is 628. The van der Waals surface area contributed by atoms with Crippen molar-refractivity contribution in [2.45, 2.75) is 37.1 Å². The van der Waals surface area contributed by atoms with E-state index < -0.39 is 0 Å². The number of hydrogen-bond acceptors (Lipinski definition) is 3. The van der Waals surface area contributed by atoms with E-state index in [0.717, 1.165) is 11.0 Å². The van der Waals surface area contributed by atoms with Crippen LogP contribution in [0.1, 0.15) is 43.6 Å². The number of rotatable bonds is 2. The highest BCUT2D eigenvalue weighted by atomic mass is 32.2. The molecule has 1 unspecified atom stereocenters. The molecule has 3 rings (SSSR count). The SMILES string of the molecule is CC(C)Sc1nnc2n1C=Cc1ccccc1C2C. The third-order valence-corrected chi connectivity index (χ3v) is 4.25. The first-order valence-electron chi connectivity index (χ1n) is 6.55. The largest absolute Gasteiger partial charge is 0.280 e. The molecule has 0 fully saturated rings. The van der Waals surface area contributed by atoms with Crippen LogP contribution in [0, 0.1) is 0 Å². The second-order valence-corrected chi connectivity index (χ2v) is 6.59. The molecule has 1 aromatic carbocycles. The van der Waals surface area contributed by atoms with Crippen LogP contribution in [0.25, 0.3) is 12.3 Å². The molecule has 98 valence electrons. The molecule has 19 heavy (non-hydrogen) atoms. The van der Waals surface area contributed by atoms with Gasteiger partial charge in [0.2, 0.25) is 0 Å². The van der Waals surface area contributed by atoms with Gasteiger partial charge in [0.15, 0.2) is 5.16 Å². The van der Waals surface area contributed by atoms with Crippen LogP contribution in [0.15, 0.2) is 29.4 Å². The van der Waals surface area contributed by atoms with Crippen LogP contribution in [0.5, 0.6) is 0 Å². The lowest BCUT2D eigenvalue weighted by atomic mass is 9.96. The maximum Gasteiger partial charge on any atom is 0.195 e. The van der Waals surface area contributed by atoms with Crippen molar-refractivity contribution in [2.75, 3.05) is 0 Å². The zero-order valence-corrected chi connectivity index (χ0v) is 12.2. The van der Waals surface area contributed by atoms with Gasteiger partial charge in [0, 0.05) is 17.4 Å². The van der Waals surface area contributed by atoms with Crippen LogP contribution in [0.3, 0.4) is 0 Å². The Labute approximate surface area is 117 Å². The van der Waals surface area contributed by atoms with E-state index in [-0.39, 0.29) is 5.92 Å². The summed E-state index contributed by atoms with van der Waals surface area (Å²) in [6.45, 7) is 6.53. The average molecular weight is 271 g/mol. The number of fused-ring (bicyclic) bond motifs is 2. The van der Waals surface area contributed by atoms with Crippen molar-refractivity contribution in [3.8, 4) is 0 Å². The maximum atomic E-state index is 4.39. The number of nitrogens with zero attached hydrogens (tertiary/aromatic N) is 3. The van der Waals surface area contributed by atoms with E-state index in [1.54, 1.807) is 11.8 Å². The summed E-state index contributed by atoms with van der Waals surface area (Å²) in [7, 11) is 0. The lowest BCUT2D eigenvalue weighted by molar-refractivity contribution is 0.789. The Kier molecular flexibility index (Phi) is 3.19. The molecule has 0 N–H and O–H groups in total. The summed E-state index contributed by atoms with van der Waals surface area (Å²) in [6, 6.07) is 8.48. The first-order valence-corrected chi connectivity index (χ1v) is 7.43. The molecule has 0 amide bonds. The molecule has 0 spiro atoms. The van der Waals surface area contributed by atoms with Gasteiger partial charge in [0.05, 0.1) is 0 Å². The van der Waals surface area contributed by atoms with Gasteiger partial charge >= 0.3 is 0 Å². The molecule has 1 aliphatic rings. The number of aromatic nitrogens is 3. The van der Waals surface area contributed by atoms with Crippen molar-refractivity contribution in [1.29, 1.82) is 0 Å². The molecular formula is C15H17N3S. The van der Waals surface area contributed by atoms with Gasteiger partial charge in [0.25, 0.3) is 0 Å².